The Labute approximate surface area is 127 Å². The molecule has 4 rings (SSSR count). The molecule has 0 saturated heterocycles. The molecular formula is C18H12N2O2. The Bertz CT molecular complexity index is 847. The summed E-state index contributed by atoms with van der Waals surface area (Å²) in [5, 5.41) is 0. The summed E-state index contributed by atoms with van der Waals surface area (Å²) in [7, 11) is 0. The predicted molar refractivity (Wildman–Crippen MR) is 83.4 cm³/mol. The summed E-state index contributed by atoms with van der Waals surface area (Å²) in [4.78, 5) is 26.5. The normalized spacial score (nSPS) is 13.5. The molecule has 2 heterocycles. The lowest BCUT2D eigenvalue weighted by atomic mass is 10.1. The minimum Gasteiger partial charge on any atom is -0.322 e. The van der Waals surface area contributed by atoms with Gasteiger partial charge in [0.15, 0.2) is 0 Å². The fraction of sp³-hybridized carbons (Fsp3) is 0. The van der Waals surface area contributed by atoms with Gasteiger partial charge in [0, 0.05) is 12.4 Å². The second kappa shape index (κ2) is 4.70. The number of carbonyl (C=O) groups is 2. The third kappa shape index (κ3) is 1.71. The van der Waals surface area contributed by atoms with Crippen LogP contribution in [-0.2, 0) is 0 Å². The van der Waals surface area contributed by atoms with Crippen LogP contribution >= 0.6 is 0 Å². The molecule has 0 atom stereocenters. The molecular weight excluding hydrogens is 276 g/mol. The Morgan fingerprint density at radius 3 is 1.68 bits per heavy atom. The molecule has 3 aromatic rings. The smallest absolute Gasteiger partial charge is 0.266 e. The zero-order valence-electron chi connectivity index (χ0n) is 11.6. The van der Waals surface area contributed by atoms with Gasteiger partial charge in [0.25, 0.3) is 11.8 Å². The third-order valence-corrected chi connectivity index (χ3v) is 3.80. The first-order valence-electron chi connectivity index (χ1n) is 6.97. The molecule has 22 heavy (non-hydrogen) atoms. The Balaban J connectivity index is 1.89. The van der Waals surface area contributed by atoms with E-state index in [2.05, 4.69) is 0 Å². The number of anilines is 1. The van der Waals surface area contributed by atoms with Gasteiger partial charge in [0.2, 0.25) is 0 Å². The largest absolute Gasteiger partial charge is 0.322 e. The highest BCUT2D eigenvalue weighted by molar-refractivity contribution is 6.34. The maximum Gasteiger partial charge on any atom is 0.266 e. The van der Waals surface area contributed by atoms with Crippen molar-refractivity contribution in [1.29, 1.82) is 0 Å². The minimum absolute atomic E-state index is 0.278. The van der Waals surface area contributed by atoms with Crippen LogP contribution < -0.4 is 4.90 Å². The fourth-order valence-corrected chi connectivity index (χ4v) is 2.77. The number of amides is 2. The standard InChI is InChI=1S/C18H12N2O2/c21-17-13-7-1-2-8-14(13)18(22)20(17)16-10-4-3-9-15(16)19-11-5-6-12-19/h1-12H. The molecule has 2 aromatic carbocycles. The van der Waals surface area contributed by atoms with Gasteiger partial charge in [0.1, 0.15) is 0 Å². The number of aromatic nitrogens is 1. The highest BCUT2D eigenvalue weighted by atomic mass is 16.2. The molecule has 0 saturated carbocycles. The molecule has 4 nitrogen and oxygen atoms in total. The molecule has 0 fully saturated rings. The Morgan fingerprint density at radius 2 is 1.09 bits per heavy atom. The van der Waals surface area contributed by atoms with Crippen LogP contribution in [0.4, 0.5) is 5.69 Å². The van der Waals surface area contributed by atoms with Crippen molar-refractivity contribution >= 4 is 17.5 Å². The summed E-state index contributed by atoms with van der Waals surface area (Å²) in [6.45, 7) is 0. The number of nitrogens with zero attached hydrogens (tertiary/aromatic N) is 2. The maximum atomic E-state index is 12.6. The van der Waals surface area contributed by atoms with E-state index in [0.29, 0.717) is 16.8 Å². The maximum absolute atomic E-state index is 12.6. The van der Waals surface area contributed by atoms with Gasteiger partial charge in [-0.1, -0.05) is 24.3 Å². The summed E-state index contributed by atoms with van der Waals surface area (Å²) in [6.07, 6.45) is 3.77. The zero-order chi connectivity index (χ0) is 15.1. The number of imide groups is 1. The molecule has 0 spiro atoms. The van der Waals surface area contributed by atoms with Gasteiger partial charge >= 0.3 is 0 Å². The third-order valence-electron chi connectivity index (χ3n) is 3.80. The van der Waals surface area contributed by atoms with Crippen LogP contribution in [0.2, 0.25) is 0 Å². The van der Waals surface area contributed by atoms with Crippen LogP contribution in [-0.4, -0.2) is 16.4 Å². The topological polar surface area (TPSA) is 42.3 Å². The van der Waals surface area contributed by atoms with Crippen molar-refractivity contribution in [2.45, 2.75) is 0 Å². The molecule has 106 valence electrons. The monoisotopic (exact) mass is 288 g/mol. The summed E-state index contributed by atoms with van der Waals surface area (Å²) in [5.41, 5.74) is 2.29. The molecule has 0 unspecified atom stereocenters. The Morgan fingerprint density at radius 1 is 0.591 bits per heavy atom. The fourth-order valence-electron chi connectivity index (χ4n) is 2.77. The first-order valence-corrected chi connectivity index (χ1v) is 6.97. The predicted octanol–water partition coefficient (Wildman–Crippen LogP) is 3.28. The minimum atomic E-state index is -0.278. The second-order valence-corrected chi connectivity index (χ2v) is 5.07. The lowest BCUT2D eigenvalue weighted by Gasteiger charge is -2.18. The van der Waals surface area contributed by atoms with Crippen LogP contribution in [0.15, 0.2) is 73.1 Å². The van der Waals surface area contributed by atoms with E-state index >= 15 is 0 Å². The number of carbonyl (C=O) groups excluding carboxylic acids is 2. The highest BCUT2D eigenvalue weighted by Gasteiger charge is 2.37. The molecule has 0 bridgehead atoms. The van der Waals surface area contributed by atoms with Gasteiger partial charge in [-0.2, -0.15) is 0 Å². The van der Waals surface area contributed by atoms with E-state index in [9.17, 15) is 9.59 Å². The van der Waals surface area contributed by atoms with Crippen molar-refractivity contribution < 1.29 is 9.59 Å². The van der Waals surface area contributed by atoms with Crippen LogP contribution in [0.5, 0.6) is 0 Å². The van der Waals surface area contributed by atoms with Crippen LogP contribution in [0, 0.1) is 0 Å². The number of hydrogen-bond acceptors (Lipinski definition) is 2. The first kappa shape index (κ1) is 12.6. The molecule has 1 aromatic heterocycles. The number of fused-ring (bicyclic) bond motifs is 1. The molecule has 0 aliphatic carbocycles. The van der Waals surface area contributed by atoms with E-state index in [0.717, 1.165) is 5.69 Å². The first-order chi connectivity index (χ1) is 10.8. The highest BCUT2D eigenvalue weighted by Crippen LogP contribution is 2.32. The van der Waals surface area contributed by atoms with E-state index in [1.54, 1.807) is 30.3 Å². The number of hydrogen-bond donors (Lipinski definition) is 0. The number of benzene rings is 2. The SMILES string of the molecule is O=C1c2ccccc2C(=O)N1c1ccccc1-n1cccc1. The van der Waals surface area contributed by atoms with Gasteiger partial charge < -0.3 is 4.57 Å². The molecule has 2 amide bonds. The lowest BCUT2D eigenvalue weighted by molar-refractivity contribution is 0.0926. The van der Waals surface area contributed by atoms with Gasteiger partial charge in [-0.3, -0.25) is 9.59 Å². The molecule has 0 radical (unpaired) electrons. The van der Waals surface area contributed by atoms with E-state index < -0.39 is 0 Å². The van der Waals surface area contributed by atoms with Gasteiger partial charge in [-0.15, -0.1) is 0 Å². The van der Waals surface area contributed by atoms with E-state index in [1.807, 2.05) is 47.3 Å². The Hall–Kier alpha value is -3.14. The quantitative estimate of drug-likeness (QED) is 0.679. The molecule has 1 aliphatic heterocycles. The van der Waals surface area contributed by atoms with Crippen molar-refractivity contribution in [3.63, 3.8) is 0 Å². The summed E-state index contributed by atoms with van der Waals surface area (Å²) < 4.78 is 1.89. The van der Waals surface area contributed by atoms with Crippen molar-refractivity contribution in [2.75, 3.05) is 4.90 Å². The zero-order valence-corrected chi connectivity index (χ0v) is 11.6. The molecule has 0 N–H and O–H groups in total. The van der Waals surface area contributed by atoms with Crippen molar-refractivity contribution in [3.8, 4) is 5.69 Å². The van der Waals surface area contributed by atoms with E-state index in [4.69, 9.17) is 0 Å². The lowest BCUT2D eigenvalue weighted by Crippen LogP contribution is -2.30. The van der Waals surface area contributed by atoms with Crippen molar-refractivity contribution in [3.05, 3.63) is 84.2 Å². The van der Waals surface area contributed by atoms with Crippen LogP contribution in [0.1, 0.15) is 20.7 Å². The number of rotatable bonds is 2. The summed E-state index contributed by atoms with van der Waals surface area (Å²) in [6, 6.07) is 18.1. The van der Waals surface area contributed by atoms with Crippen LogP contribution in [0.25, 0.3) is 5.69 Å². The van der Waals surface area contributed by atoms with E-state index in [1.165, 1.54) is 4.90 Å². The van der Waals surface area contributed by atoms with Crippen LogP contribution in [0.3, 0.4) is 0 Å². The average molecular weight is 288 g/mol. The van der Waals surface area contributed by atoms with Gasteiger partial charge in [0.05, 0.1) is 22.5 Å². The molecule has 1 aliphatic rings. The van der Waals surface area contributed by atoms with Crippen molar-refractivity contribution in [1.82, 2.24) is 4.57 Å². The van der Waals surface area contributed by atoms with Crippen molar-refractivity contribution in [2.24, 2.45) is 0 Å². The Kier molecular flexibility index (Phi) is 2.69. The van der Waals surface area contributed by atoms with E-state index in [-0.39, 0.29) is 11.8 Å². The second-order valence-electron chi connectivity index (χ2n) is 5.07. The average Bonchev–Trinajstić information content (AvgIpc) is 3.16. The van der Waals surface area contributed by atoms with Gasteiger partial charge in [-0.25, -0.2) is 4.90 Å². The number of para-hydroxylation sites is 2. The summed E-state index contributed by atoms with van der Waals surface area (Å²) >= 11 is 0. The van der Waals surface area contributed by atoms with Gasteiger partial charge in [-0.05, 0) is 36.4 Å². The molecule has 4 heteroatoms. The summed E-state index contributed by atoms with van der Waals surface area (Å²) in [5.74, 6) is -0.555.